The second-order valence-electron chi connectivity index (χ2n) is 8.84. The van der Waals surface area contributed by atoms with Gasteiger partial charge in [0.15, 0.2) is 5.69 Å². The predicted octanol–water partition coefficient (Wildman–Crippen LogP) is 4.41. The fourth-order valence-electron chi connectivity index (χ4n) is 5.02. The van der Waals surface area contributed by atoms with E-state index < -0.39 is 29.9 Å². The van der Waals surface area contributed by atoms with E-state index in [1.54, 1.807) is 0 Å². The molecule has 0 radical (unpaired) electrons. The normalized spacial score (nSPS) is 18.9. The Morgan fingerprint density at radius 3 is 2.34 bits per heavy atom. The van der Waals surface area contributed by atoms with E-state index in [0.29, 0.717) is 12.8 Å². The maximum atomic E-state index is 12.5. The van der Waals surface area contributed by atoms with E-state index in [2.05, 4.69) is 27.9 Å². The number of carboxylic acids is 1. The molecule has 1 fully saturated rings. The third-order valence-corrected chi connectivity index (χ3v) is 6.71. The van der Waals surface area contributed by atoms with Gasteiger partial charge in [0.05, 0.1) is 5.92 Å². The molecule has 1 aromatic heterocycles. The van der Waals surface area contributed by atoms with Crippen molar-refractivity contribution in [3.8, 4) is 11.1 Å². The van der Waals surface area contributed by atoms with Gasteiger partial charge in [0.1, 0.15) is 6.61 Å². The molecule has 0 unspecified atom stereocenters. The van der Waals surface area contributed by atoms with Crippen molar-refractivity contribution in [2.75, 3.05) is 11.9 Å². The lowest BCUT2D eigenvalue weighted by atomic mass is 9.84. The summed E-state index contributed by atoms with van der Waals surface area (Å²) >= 11 is 0. The van der Waals surface area contributed by atoms with Crippen LogP contribution in [-0.2, 0) is 9.53 Å². The van der Waals surface area contributed by atoms with Crippen LogP contribution in [-0.4, -0.2) is 40.9 Å². The molecule has 2 aromatic carbocycles. The lowest BCUT2D eigenvalue weighted by molar-refractivity contribution is -0.143. The number of amides is 2. The van der Waals surface area contributed by atoms with Gasteiger partial charge in [-0.25, -0.2) is 4.79 Å². The Kier molecular flexibility index (Phi) is 6.22. The van der Waals surface area contributed by atoms with Crippen LogP contribution in [0, 0.1) is 5.92 Å². The summed E-state index contributed by atoms with van der Waals surface area (Å²) in [4.78, 5) is 36.4. The second kappa shape index (κ2) is 9.61. The Bertz CT molecular complexity index is 1220. The van der Waals surface area contributed by atoms with Crippen LogP contribution in [0.3, 0.4) is 0 Å². The smallest absolute Gasteiger partial charge is 0.414 e. The number of nitrogens with zero attached hydrogens (tertiary/aromatic N) is 1. The van der Waals surface area contributed by atoms with Crippen LogP contribution in [0.15, 0.2) is 59.1 Å². The molecule has 180 valence electrons. The lowest BCUT2D eigenvalue weighted by Crippen LogP contribution is -2.45. The molecule has 35 heavy (non-hydrogen) atoms. The molecule has 9 heteroatoms. The van der Waals surface area contributed by atoms with Crippen molar-refractivity contribution < 1.29 is 28.8 Å². The zero-order valence-corrected chi connectivity index (χ0v) is 18.9. The van der Waals surface area contributed by atoms with E-state index in [1.165, 1.54) is 6.07 Å². The first-order valence-electron chi connectivity index (χ1n) is 11.6. The number of carboxylic acid groups (broad SMARTS) is 1. The van der Waals surface area contributed by atoms with Crippen LogP contribution in [0.2, 0.25) is 0 Å². The zero-order valence-electron chi connectivity index (χ0n) is 18.9. The molecule has 1 heterocycles. The molecule has 9 nitrogen and oxygen atoms in total. The monoisotopic (exact) mass is 475 g/mol. The molecule has 2 aliphatic rings. The van der Waals surface area contributed by atoms with Gasteiger partial charge >= 0.3 is 12.1 Å². The van der Waals surface area contributed by atoms with Crippen LogP contribution in [0.4, 0.5) is 10.7 Å². The fourth-order valence-corrected chi connectivity index (χ4v) is 5.02. The molecule has 2 aliphatic carbocycles. The van der Waals surface area contributed by atoms with Gasteiger partial charge in [0.2, 0.25) is 5.88 Å². The third kappa shape index (κ3) is 4.62. The van der Waals surface area contributed by atoms with Gasteiger partial charge < -0.3 is 19.7 Å². The first-order valence-corrected chi connectivity index (χ1v) is 11.6. The van der Waals surface area contributed by atoms with Gasteiger partial charge in [-0.3, -0.25) is 14.9 Å². The van der Waals surface area contributed by atoms with Crippen molar-refractivity contribution in [1.82, 2.24) is 10.5 Å². The number of aromatic nitrogens is 1. The highest BCUT2D eigenvalue weighted by Gasteiger charge is 2.33. The molecular weight excluding hydrogens is 450 g/mol. The molecule has 1 saturated carbocycles. The summed E-state index contributed by atoms with van der Waals surface area (Å²) in [5, 5.41) is 18.3. The van der Waals surface area contributed by atoms with Crippen LogP contribution < -0.4 is 10.6 Å². The Balaban J connectivity index is 1.19. The van der Waals surface area contributed by atoms with E-state index in [4.69, 9.17) is 9.26 Å². The Hall–Kier alpha value is -4.14. The van der Waals surface area contributed by atoms with E-state index in [0.717, 1.165) is 35.1 Å². The van der Waals surface area contributed by atoms with Crippen molar-refractivity contribution in [2.24, 2.45) is 5.92 Å². The number of rotatable bonds is 6. The van der Waals surface area contributed by atoms with E-state index in [9.17, 15) is 19.5 Å². The minimum Gasteiger partial charge on any atom is -0.481 e. The van der Waals surface area contributed by atoms with E-state index in [-0.39, 0.29) is 24.1 Å². The Labute approximate surface area is 201 Å². The Morgan fingerprint density at radius 2 is 1.66 bits per heavy atom. The van der Waals surface area contributed by atoms with E-state index in [1.807, 2.05) is 36.4 Å². The standard InChI is InChI=1S/C26H25N3O6/c30-24(27-21-12-6-5-11-19(21)25(31)32)22-13-23(35-29-22)28-26(33)34-14-20-17-9-3-1-7-15(17)16-8-2-4-10-18(16)20/h1-4,7-10,13,19-21H,5-6,11-12,14H2,(H,27,30)(H,28,33)(H,31,32)/t19-,21+/m0/s1. The largest absolute Gasteiger partial charge is 0.481 e. The molecular formula is C26H25N3O6. The maximum absolute atomic E-state index is 12.5. The average Bonchev–Trinajstić information content (AvgIpc) is 3.46. The maximum Gasteiger partial charge on any atom is 0.414 e. The molecule has 3 aromatic rings. The van der Waals surface area contributed by atoms with Crippen LogP contribution in [0.25, 0.3) is 11.1 Å². The molecule has 3 N–H and O–H groups in total. The molecule has 0 saturated heterocycles. The topological polar surface area (TPSA) is 131 Å². The van der Waals surface area contributed by atoms with Crippen LogP contribution >= 0.6 is 0 Å². The number of carbonyl (C=O) groups is 3. The number of aliphatic carboxylic acids is 1. The SMILES string of the molecule is O=C(Nc1cc(C(=O)N[C@@H]2CCCC[C@@H]2C(=O)O)no1)OCC1c2ccccc2-c2ccccc21. The number of nitrogens with one attached hydrogen (secondary N) is 2. The van der Waals surface area contributed by atoms with Crippen molar-refractivity contribution in [3.05, 3.63) is 71.4 Å². The summed E-state index contributed by atoms with van der Waals surface area (Å²) in [7, 11) is 0. The summed E-state index contributed by atoms with van der Waals surface area (Å²) in [6, 6.07) is 16.9. The molecule has 2 atom stereocenters. The second-order valence-corrected chi connectivity index (χ2v) is 8.84. The first-order chi connectivity index (χ1) is 17.0. The van der Waals surface area contributed by atoms with Crippen molar-refractivity contribution in [2.45, 2.75) is 37.6 Å². The molecule has 2 amide bonds. The summed E-state index contributed by atoms with van der Waals surface area (Å²) in [5.74, 6) is -2.22. The predicted molar refractivity (Wildman–Crippen MR) is 126 cm³/mol. The van der Waals surface area contributed by atoms with Gasteiger partial charge in [0, 0.05) is 18.0 Å². The van der Waals surface area contributed by atoms with E-state index >= 15 is 0 Å². The van der Waals surface area contributed by atoms with Gasteiger partial charge in [-0.05, 0) is 35.1 Å². The summed E-state index contributed by atoms with van der Waals surface area (Å²) in [5.41, 5.74) is 4.41. The number of fused-ring (bicyclic) bond motifs is 3. The lowest BCUT2D eigenvalue weighted by Gasteiger charge is -2.28. The van der Waals surface area contributed by atoms with Gasteiger partial charge in [-0.15, -0.1) is 0 Å². The highest BCUT2D eigenvalue weighted by atomic mass is 16.6. The molecule has 5 rings (SSSR count). The van der Waals surface area contributed by atoms with Crippen LogP contribution in [0.5, 0.6) is 0 Å². The van der Waals surface area contributed by atoms with Crippen molar-refractivity contribution in [1.29, 1.82) is 0 Å². The van der Waals surface area contributed by atoms with Crippen LogP contribution in [0.1, 0.15) is 53.2 Å². The molecule has 0 aliphatic heterocycles. The van der Waals surface area contributed by atoms with Gasteiger partial charge in [-0.2, -0.15) is 0 Å². The third-order valence-electron chi connectivity index (χ3n) is 6.71. The first kappa shape index (κ1) is 22.6. The van der Waals surface area contributed by atoms with Crippen molar-refractivity contribution in [3.63, 3.8) is 0 Å². The number of anilines is 1. The molecule has 0 spiro atoms. The highest BCUT2D eigenvalue weighted by Crippen LogP contribution is 2.44. The fraction of sp³-hybridized carbons (Fsp3) is 0.308. The average molecular weight is 476 g/mol. The number of carbonyl (C=O) groups excluding carboxylic acids is 2. The highest BCUT2D eigenvalue weighted by molar-refractivity contribution is 5.94. The summed E-state index contributed by atoms with van der Waals surface area (Å²) in [6.45, 7) is 0.138. The van der Waals surface area contributed by atoms with Gasteiger partial charge in [-0.1, -0.05) is 66.5 Å². The zero-order chi connectivity index (χ0) is 24.4. The number of hydrogen-bond donors (Lipinski definition) is 3. The minimum absolute atomic E-state index is 0.0363. The number of benzene rings is 2. The summed E-state index contributed by atoms with van der Waals surface area (Å²) < 4.78 is 10.5. The van der Waals surface area contributed by atoms with Gasteiger partial charge in [0.25, 0.3) is 5.91 Å². The quantitative estimate of drug-likeness (QED) is 0.481. The molecule has 0 bridgehead atoms. The number of ether oxygens (including phenoxy) is 1. The number of hydrogen-bond acceptors (Lipinski definition) is 6. The summed E-state index contributed by atoms with van der Waals surface area (Å²) in [6.07, 6.45) is 2.05. The Morgan fingerprint density at radius 1 is 1.00 bits per heavy atom. The van der Waals surface area contributed by atoms with Crippen molar-refractivity contribution >= 4 is 23.9 Å². The minimum atomic E-state index is -0.923.